The van der Waals surface area contributed by atoms with Gasteiger partial charge in [0.1, 0.15) is 0 Å². The highest BCUT2D eigenvalue weighted by molar-refractivity contribution is 7.89. The predicted molar refractivity (Wildman–Crippen MR) is 80.2 cm³/mol. The predicted octanol–water partition coefficient (Wildman–Crippen LogP) is 1.11. The fourth-order valence-corrected chi connectivity index (χ4v) is 4.36. The minimum atomic E-state index is -3.81. The molecule has 9 heteroatoms. The van der Waals surface area contributed by atoms with E-state index in [-0.39, 0.29) is 28.9 Å². The number of nitrogens with zero attached hydrogens (tertiary/aromatic N) is 2. The second kappa shape index (κ2) is 6.59. The van der Waals surface area contributed by atoms with E-state index in [9.17, 15) is 18.5 Å². The largest absolute Gasteiger partial charge is 0.490 e. The molecular formula is C13H19N3O5S. The lowest BCUT2D eigenvalue weighted by Crippen LogP contribution is -2.47. The van der Waals surface area contributed by atoms with Crippen molar-refractivity contribution in [2.45, 2.75) is 30.2 Å². The summed E-state index contributed by atoms with van der Waals surface area (Å²) in [4.78, 5) is 10.3. The smallest absolute Gasteiger partial charge is 0.312 e. The number of nitrogens with two attached hydrogens (primary N) is 1. The van der Waals surface area contributed by atoms with Gasteiger partial charge in [0.25, 0.3) is 0 Å². The quantitative estimate of drug-likeness (QED) is 0.639. The average Bonchev–Trinajstić information content (AvgIpc) is 2.53. The zero-order chi connectivity index (χ0) is 16.3. The Hall–Kier alpha value is -1.71. The maximum absolute atomic E-state index is 12.7. The van der Waals surface area contributed by atoms with E-state index in [1.807, 2.05) is 0 Å². The molecule has 1 fully saturated rings. The first-order valence-corrected chi connectivity index (χ1v) is 8.40. The zero-order valence-corrected chi connectivity index (χ0v) is 13.1. The molecule has 8 nitrogen and oxygen atoms in total. The Morgan fingerprint density at radius 3 is 2.77 bits per heavy atom. The molecule has 1 atom stereocenters. The molecule has 1 heterocycles. The van der Waals surface area contributed by atoms with Crippen molar-refractivity contribution < 1.29 is 18.1 Å². The third-order valence-electron chi connectivity index (χ3n) is 3.80. The lowest BCUT2D eigenvalue weighted by atomic mass is 10.1. The van der Waals surface area contributed by atoms with E-state index in [0.717, 1.165) is 18.9 Å². The molecule has 122 valence electrons. The second-order valence-corrected chi connectivity index (χ2v) is 6.98. The topological polar surface area (TPSA) is 116 Å². The number of nitro benzene ring substituents is 1. The normalized spacial score (nSPS) is 19.8. The van der Waals surface area contributed by atoms with Gasteiger partial charge in [-0.15, -0.1) is 0 Å². The van der Waals surface area contributed by atoms with Crippen LogP contribution in [0.5, 0.6) is 5.75 Å². The number of piperidine rings is 1. The van der Waals surface area contributed by atoms with Crippen LogP contribution in [0, 0.1) is 10.1 Å². The van der Waals surface area contributed by atoms with Crippen LogP contribution in [-0.4, -0.2) is 43.9 Å². The van der Waals surface area contributed by atoms with E-state index in [4.69, 9.17) is 10.5 Å². The van der Waals surface area contributed by atoms with Crippen molar-refractivity contribution in [1.29, 1.82) is 0 Å². The molecular weight excluding hydrogens is 310 g/mol. The van der Waals surface area contributed by atoms with Gasteiger partial charge >= 0.3 is 5.69 Å². The van der Waals surface area contributed by atoms with Crippen LogP contribution in [-0.2, 0) is 10.0 Å². The van der Waals surface area contributed by atoms with Gasteiger partial charge in [0.15, 0.2) is 5.75 Å². The first-order chi connectivity index (χ1) is 10.4. The number of ether oxygens (including phenoxy) is 1. The van der Waals surface area contributed by atoms with Gasteiger partial charge in [0, 0.05) is 25.2 Å². The van der Waals surface area contributed by atoms with Gasteiger partial charge in [-0.25, -0.2) is 8.42 Å². The zero-order valence-electron chi connectivity index (χ0n) is 12.3. The Morgan fingerprint density at radius 1 is 1.45 bits per heavy atom. The SMILES string of the molecule is COc1ccc(S(=O)(=O)N2CCCCC2CN)cc1[N+](=O)[O-]. The van der Waals surface area contributed by atoms with Gasteiger partial charge in [0.05, 0.1) is 16.9 Å². The summed E-state index contributed by atoms with van der Waals surface area (Å²) in [5.74, 6) is 0.0259. The highest BCUT2D eigenvalue weighted by atomic mass is 32.2. The molecule has 0 aromatic heterocycles. The highest BCUT2D eigenvalue weighted by Crippen LogP contribution is 2.32. The van der Waals surface area contributed by atoms with Crippen LogP contribution in [0.1, 0.15) is 19.3 Å². The molecule has 2 N–H and O–H groups in total. The van der Waals surface area contributed by atoms with Crippen LogP contribution in [0.25, 0.3) is 0 Å². The van der Waals surface area contributed by atoms with Gasteiger partial charge in [-0.3, -0.25) is 10.1 Å². The molecule has 1 saturated heterocycles. The molecule has 0 saturated carbocycles. The summed E-state index contributed by atoms with van der Waals surface area (Å²) in [6.07, 6.45) is 2.39. The third-order valence-corrected chi connectivity index (χ3v) is 5.75. The Kier molecular flexibility index (Phi) is 4.99. The standard InChI is InChI=1S/C13H19N3O5S/c1-21-13-6-5-11(8-12(13)16(17)18)22(19,20)15-7-3-2-4-10(15)9-14/h5-6,8,10H,2-4,7,9,14H2,1H3. The van der Waals surface area contributed by atoms with Crippen LogP contribution in [0.2, 0.25) is 0 Å². The fraction of sp³-hybridized carbons (Fsp3) is 0.538. The van der Waals surface area contributed by atoms with Crippen LogP contribution in [0.3, 0.4) is 0 Å². The molecule has 1 aliphatic heterocycles. The molecule has 1 aromatic rings. The van der Waals surface area contributed by atoms with Crippen molar-refractivity contribution in [2.24, 2.45) is 5.73 Å². The molecule has 22 heavy (non-hydrogen) atoms. The van der Waals surface area contributed by atoms with Crippen molar-refractivity contribution >= 4 is 15.7 Å². The molecule has 0 aliphatic carbocycles. The number of rotatable bonds is 5. The van der Waals surface area contributed by atoms with Gasteiger partial charge in [-0.1, -0.05) is 6.42 Å². The minimum absolute atomic E-state index is 0.0259. The monoisotopic (exact) mass is 329 g/mol. The van der Waals surface area contributed by atoms with Crippen molar-refractivity contribution in [3.63, 3.8) is 0 Å². The highest BCUT2D eigenvalue weighted by Gasteiger charge is 2.34. The first-order valence-electron chi connectivity index (χ1n) is 6.96. The number of hydrogen-bond donors (Lipinski definition) is 1. The number of benzene rings is 1. The van der Waals surface area contributed by atoms with E-state index in [0.29, 0.717) is 13.0 Å². The summed E-state index contributed by atoms with van der Waals surface area (Å²) in [6, 6.07) is 3.39. The van der Waals surface area contributed by atoms with Crippen LogP contribution in [0.4, 0.5) is 5.69 Å². The van der Waals surface area contributed by atoms with E-state index >= 15 is 0 Å². The Balaban J connectivity index is 2.45. The number of hydrogen-bond acceptors (Lipinski definition) is 6. The van der Waals surface area contributed by atoms with E-state index in [2.05, 4.69) is 0 Å². The van der Waals surface area contributed by atoms with Crippen molar-refractivity contribution in [1.82, 2.24) is 4.31 Å². The average molecular weight is 329 g/mol. The lowest BCUT2D eigenvalue weighted by molar-refractivity contribution is -0.386. The van der Waals surface area contributed by atoms with E-state index in [1.54, 1.807) is 0 Å². The maximum Gasteiger partial charge on any atom is 0.312 e. The summed E-state index contributed by atoms with van der Waals surface area (Å²) >= 11 is 0. The van der Waals surface area contributed by atoms with E-state index in [1.165, 1.54) is 23.5 Å². The molecule has 0 bridgehead atoms. The minimum Gasteiger partial charge on any atom is -0.490 e. The van der Waals surface area contributed by atoms with Crippen molar-refractivity contribution in [3.05, 3.63) is 28.3 Å². The molecule has 0 radical (unpaired) electrons. The molecule has 2 rings (SSSR count). The Bertz CT molecular complexity index is 662. The second-order valence-electron chi connectivity index (χ2n) is 5.09. The summed E-state index contributed by atoms with van der Waals surface area (Å²) in [6.45, 7) is 0.613. The van der Waals surface area contributed by atoms with Crippen LogP contribution in [0.15, 0.2) is 23.1 Å². The van der Waals surface area contributed by atoms with Crippen molar-refractivity contribution in [3.8, 4) is 5.75 Å². The Morgan fingerprint density at radius 2 is 2.18 bits per heavy atom. The van der Waals surface area contributed by atoms with Gasteiger partial charge in [-0.05, 0) is 25.0 Å². The molecule has 1 aliphatic rings. The molecule has 0 amide bonds. The van der Waals surface area contributed by atoms with Gasteiger partial charge in [0.2, 0.25) is 10.0 Å². The lowest BCUT2D eigenvalue weighted by Gasteiger charge is -2.33. The number of sulfonamides is 1. The summed E-state index contributed by atoms with van der Waals surface area (Å²) in [5.41, 5.74) is 5.29. The van der Waals surface area contributed by atoms with Gasteiger partial charge in [-0.2, -0.15) is 4.31 Å². The van der Waals surface area contributed by atoms with Crippen LogP contribution < -0.4 is 10.5 Å². The third kappa shape index (κ3) is 3.06. The molecule has 1 aromatic carbocycles. The van der Waals surface area contributed by atoms with Crippen molar-refractivity contribution in [2.75, 3.05) is 20.2 Å². The number of methoxy groups -OCH3 is 1. The molecule has 1 unspecified atom stereocenters. The van der Waals surface area contributed by atoms with E-state index < -0.39 is 14.9 Å². The maximum atomic E-state index is 12.7. The van der Waals surface area contributed by atoms with Gasteiger partial charge < -0.3 is 10.5 Å². The Labute approximate surface area is 129 Å². The summed E-state index contributed by atoms with van der Waals surface area (Å²) in [5, 5.41) is 11.1. The van der Waals surface area contributed by atoms with Crippen LogP contribution >= 0.6 is 0 Å². The first kappa shape index (κ1) is 16.7. The fourth-order valence-electron chi connectivity index (χ4n) is 2.63. The molecule has 0 spiro atoms. The summed E-state index contributed by atoms with van der Waals surface area (Å²) in [7, 11) is -2.51. The number of nitro groups is 1. The summed E-state index contributed by atoms with van der Waals surface area (Å²) < 4.78 is 31.7.